The third-order valence-electron chi connectivity index (χ3n) is 1.55. The largest absolute Gasteiger partial charge is 0.482 e. The first-order valence-electron chi connectivity index (χ1n) is 4.13. The van der Waals surface area contributed by atoms with Gasteiger partial charge in [-0.1, -0.05) is 12.2 Å². The molecule has 1 aromatic heterocycles. The number of H-pyrrole nitrogens is 1. The highest BCUT2D eigenvalue weighted by molar-refractivity contribution is 7.71. The summed E-state index contributed by atoms with van der Waals surface area (Å²) in [7, 11) is 1.50. The lowest BCUT2D eigenvalue weighted by Gasteiger charge is -2.04. The maximum Gasteiger partial charge on any atom is 0.338 e. The summed E-state index contributed by atoms with van der Waals surface area (Å²) in [4.78, 5) is 14.1. The maximum atomic E-state index is 11.3. The molecule has 0 saturated carbocycles. The number of aromatic nitrogens is 1. The Morgan fingerprint density at radius 3 is 2.86 bits per heavy atom. The van der Waals surface area contributed by atoms with E-state index in [2.05, 4.69) is 4.98 Å². The van der Waals surface area contributed by atoms with E-state index in [1.807, 2.05) is 0 Å². The van der Waals surface area contributed by atoms with Crippen LogP contribution < -0.4 is 4.74 Å². The van der Waals surface area contributed by atoms with Gasteiger partial charge in [0.25, 0.3) is 0 Å². The van der Waals surface area contributed by atoms with Crippen molar-refractivity contribution >= 4 is 18.2 Å². The van der Waals surface area contributed by atoms with Gasteiger partial charge in [0, 0.05) is 6.07 Å². The van der Waals surface area contributed by atoms with Crippen LogP contribution in [0.2, 0.25) is 0 Å². The second-order valence-corrected chi connectivity index (χ2v) is 2.96. The number of carbonyl (C=O) groups is 1. The predicted molar refractivity (Wildman–Crippen MR) is 54.1 cm³/mol. The smallest absolute Gasteiger partial charge is 0.338 e. The topological polar surface area (TPSA) is 51.3 Å². The van der Waals surface area contributed by atoms with E-state index in [4.69, 9.17) is 21.7 Å². The Morgan fingerprint density at radius 1 is 1.57 bits per heavy atom. The summed E-state index contributed by atoms with van der Waals surface area (Å²) in [5, 5.41) is 0. The van der Waals surface area contributed by atoms with Gasteiger partial charge in [0.05, 0.1) is 19.3 Å². The molecule has 0 aromatic carbocycles. The number of nitrogens with one attached hydrogen (secondary N) is 1. The second-order valence-electron chi connectivity index (χ2n) is 2.52. The van der Waals surface area contributed by atoms with E-state index in [-0.39, 0.29) is 0 Å². The molecule has 5 heteroatoms. The average molecular weight is 213 g/mol. The third kappa shape index (κ3) is 2.56. The lowest BCUT2D eigenvalue weighted by molar-refractivity contribution is 0.0525. The number of carbonyl (C=O) groups excluding carboxylic acids is 1. The minimum absolute atomic E-state index is 0.340. The van der Waals surface area contributed by atoms with Crippen molar-refractivity contribution in [2.45, 2.75) is 6.92 Å². The summed E-state index contributed by atoms with van der Waals surface area (Å²) in [5.74, 6) is 0.0476. The Labute approximate surface area is 86.9 Å². The van der Waals surface area contributed by atoms with Crippen LogP contribution in [0.15, 0.2) is 12.1 Å². The Hall–Kier alpha value is -1.36. The van der Waals surface area contributed by atoms with Crippen LogP contribution in [0.3, 0.4) is 0 Å². The maximum absolute atomic E-state index is 11.3. The summed E-state index contributed by atoms with van der Waals surface area (Å²) < 4.78 is 10.2. The van der Waals surface area contributed by atoms with Crippen molar-refractivity contribution in [2.24, 2.45) is 0 Å². The first-order valence-corrected chi connectivity index (χ1v) is 4.53. The summed E-state index contributed by atoms with van der Waals surface area (Å²) in [6, 6.07) is 3.09. The van der Waals surface area contributed by atoms with Crippen LogP contribution in [0.1, 0.15) is 17.3 Å². The van der Waals surface area contributed by atoms with Gasteiger partial charge in [0.2, 0.25) is 0 Å². The van der Waals surface area contributed by atoms with E-state index >= 15 is 0 Å². The number of aromatic amines is 1. The summed E-state index contributed by atoms with van der Waals surface area (Å²) in [6.45, 7) is 2.09. The number of hydrogen-bond acceptors (Lipinski definition) is 4. The van der Waals surface area contributed by atoms with Crippen molar-refractivity contribution in [2.75, 3.05) is 13.7 Å². The van der Waals surface area contributed by atoms with Gasteiger partial charge in [0.15, 0.2) is 5.88 Å². The Morgan fingerprint density at radius 2 is 2.29 bits per heavy atom. The monoisotopic (exact) mass is 213 g/mol. The van der Waals surface area contributed by atoms with Crippen molar-refractivity contribution in [3.8, 4) is 5.88 Å². The first kappa shape index (κ1) is 10.7. The highest BCUT2D eigenvalue weighted by atomic mass is 32.1. The summed E-state index contributed by atoms with van der Waals surface area (Å²) in [6.07, 6.45) is 0. The Bertz CT molecular complexity index is 386. The van der Waals surface area contributed by atoms with Crippen LogP contribution in [0, 0.1) is 4.64 Å². The summed E-state index contributed by atoms with van der Waals surface area (Å²) in [5.41, 5.74) is 0.396. The van der Waals surface area contributed by atoms with Gasteiger partial charge in [-0.2, -0.15) is 0 Å². The van der Waals surface area contributed by atoms with Gasteiger partial charge in [0.1, 0.15) is 4.64 Å². The van der Waals surface area contributed by atoms with Crippen LogP contribution in [0.4, 0.5) is 0 Å². The van der Waals surface area contributed by atoms with Gasteiger partial charge >= 0.3 is 5.97 Å². The van der Waals surface area contributed by atoms with E-state index in [0.717, 1.165) is 0 Å². The normalized spacial score (nSPS) is 9.57. The van der Waals surface area contributed by atoms with Crippen molar-refractivity contribution in [3.63, 3.8) is 0 Å². The SMILES string of the molecule is CCOC(=O)c1cc(OC)[nH]c(=S)c1. The lowest BCUT2D eigenvalue weighted by Crippen LogP contribution is -2.05. The molecule has 0 atom stereocenters. The van der Waals surface area contributed by atoms with E-state index in [1.54, 1.807) is 13.0 Å². The van der Waals surface area contributed by atoms with Gasteiger partial charge in [-0.15, -0.1) is 0 Å². The zero-order valence-corrected chi connectivity index (χ0v) is 8.81. The molecule has 1 heterocycles. The second kappa shape index (κ2) is 4.76. The zero-order valence-electron chi connectivity index (χ0n) is 7.99. The fourth-order valence-electron chi connectivity index (χ4n) is 0.960. The van der Waals surface area contributed by atoms with E-state index < -0.39 is 5.97 Å². The average Bonchev–Trinajstić information content (AvgIpc) is 2.17. The molecule has 1 N–H and O–H groups in total. The van der Waals surface area contributed by atoms with Gasteiger partial charge in [-0.3, -0.25) is 0 Å². The molecule has 0 unspecified atom stereocenters. The van der Waals surface area contributed by atoms with Crippen LogP contribution in [-0.4, -0.2) is 24.7 Å². The first-order chi connectivity index (χ1) is 6.67. The van der Waals surface area contributed by atoms with Gasteiger partial charge in [-0.25, -0.2) is 4.79 Å². The molecule has 1 aromatic rings. The molecule has 1 rings (SSSR count). The lowest BCUT2D eigenvalue weighted by atomic mass is 10.3. The molecule has 0 spiro atoms. The molecule has 0 fully saturated rings. The van der Waals surface area contributed by atoms with Crippen molar-refractivity contribution < 1.29 is 14.3 Å². The fraction of sp³-hybridized carbons (Fsp3) is 0.333. The molecule has 0 radical (unpaired) electrons. The quantitative estimate of drug-likeness (QED) is 0.615. The molecule has 0 amide bonds. The molecule has 76 valence electrons. The highest BCUT2D eigenvalue weighted by Crippen LogP contribution is 2.10. The predicted octanol–water partition coefficient (Wildman–Crippen LogP) is 1.93. The van der Waals surface area contributed by atoms with E-state index in [9.17, 15) is 4.79 Å². The van der Waals surface area contributed by atoms with Crippen molar-refractivity contribution in [1.82, 2.24) is 4.98 Å². The number of esters is 1. The number of pyridine rings is 1. The third-order valence-corrected chi connectivity index (χ3v) is 1.77. The number of ether oxygens (including phenoxy) is 2. The standard InChI is InChI=1S/C9H11NO3S/c1-3-13-9(11)6-4-7(12-2)10-8(14)5-6/h4-5H,3H2,1-2H3,(H,10,14). The molecular formula is C9H11NO3S. The van der Waals surface area contributed by atoms with E-state index in [0.29, 0.717) is 22.7 Å². The number of methoxy groups -OCH3 is 1. The van der Waals surface area contributed by atoms with Crippen LogP contribution in [0.5, 0.6) is 5.88 Å². The minimum atomic E-state index is -0.397. The van der Waals surface area contributed by atoms with Crippen molar-refractivity contribution in [1.29, 1.82) is 0 Å². The molecule has 0 aliphatic carbocycles. The molecule has 14 heavy (non-hydrogen) atoms. The van der Waals surface area contributed by atoms with Crippen LogP contribution in [0.25, 0.3) is 0 Å². The highest BCUT2D eigenvalue weighted by Gasteiger charge is 2.07. The van der Waals surface area contributed by atoms with Crippen molar-refractivity contribution in [3.05, 3.63) is 22.3 Å². The molecule has 4 nitrogen and oxygen atoms in total. The number of rotatable bonds is 3. The minimum Gasteiger partial charge on any atom is -0.482 e. The van der Waals surface area contributed by atoms with Crippen LogP contribution >= 0.6 is 12.2 Å². The molecule has 0 bridgehead atoms. The van der Waals surface area contributed by atoms with Gasteiger partial charge in [-0.05, 0) is 13.0 Å². The molecule has 0 aliphatic heterocycles. The molecule has 0 saturated heterocycles. The Balaban J connectivity index is 3.03. The van der Waals surface area contributed by atoms with Crippen LogP contribution in [-0.2, 0) is 4.74 Å². The van der Waals surface area contributed by atoms with Gasteiger partial charge < -0.3 is 14.5 Å². The fourth-order valence-corrected chi connectivity index (χ4v) is 1.19. The molecular weight excluding hydrogens is 202 g/mol. The number of hydrogen-bond donors (Lipinski definition) is 1. The zero-order chi connectivity index (χ0) is 10.6. The van der Waals surface area contributed by atoms with E-state index in [1.165, 1.54) is 13.2 Å². The summed E-state index contributed by atoms with van der Waals surface area (Å²) >= 11 is 4.91. The Kier molecular flexibility index (Phi) is 3.64. The molecule has 0 aliphatic rings.